The number of amides is 1. The van der Waals surface area contributed by atoms with E-state index in [9.17, 15) is 9.59 Å². The van der Waals surface area contributed by atoms with Crippen LogP contribution in [0.4, 0.5) is 4.79 Å². The summed E-state index contributed by atoms with van der Waals surface area (Å²) in [4.78, 5) is 24.1. The molecule has 0 fully saturated rings. The molecule has 3 rings (SSSR count). The quantitative estimate of drug-likeness (QED) is 0.696. The average Bonchev–Trinajstić information content (AvgIpc) is 2.97. The highest BCUT2D eigenvalue weighted by Gasteiger charge is 2.29. The van der Waals surface area contributed by atoms with Crippen LogP contribution in [0.2, 0.25) is 0 Å². The molecule has 0 heterocycles. The fourth-order valence-corrected chi connectivity index (χ4v) is 3.64. The summed E-state index contributed by atoms with van der Waals surface area (Å²) >= 11 is 0. The van der Waals surface area contributed by atoms with Crippen molar-refractivity contribution < 1.29 is 19.1 Å². The standard InChI is InChI=1S/C24H29NO4/c1-16(13-14-22(26)29-24(2,3)4)25-23(27)28-15-21-19-11-7-5-9-17(19)18-10-6-8-12-20(18)21/h5-12,16,21H,13-15H2,1-4H3,(H,25,27)/t16-/m1/s1. The summed E-state index contributed by atoms with van der Waals surface area (Å²) in [6, 6.07) is 16.3. The van der Waals surface area contributed by atoms with Gasteiger partial charge in [0.25, 0.3) is 0 Å². The number of rotatable bonds is 6. The first-order valence-electron chi connectivity index (χ1n) is 10.1. The van der Waals surface area contributed by atoms with Crippen molar-refractivity contribution in [3.8, 4) is 11.1 Å². The lowest BCUT2D eigenvalue weighted by Gasteiger charge is -2.20. The monoisotopic (exact) mass is 395 g/mol. The lowest BCUT2D eigenvalue weighted by molar-refractivity contribution is -0.155. The Balaban J connectivity index is 1.52. The van der Waals surface area contributed by atoms with E-state index in [2.05, 4.69) is 29.6 Å². The zero-order valence-electron chi connectivity index (χ0n) is 17.5. The van der Waals surface area contributed by atoms with Gasteiger partial charge in [0.2, 0.25) is 0 Å². The Morgan fingerprint density at radius 2 is 1.55 bits per heavy atom. The smallest absolute Gasteiger partial charge is 0.407 e. The molecule has 1 aliphatic rings. The molecule has 154 valence electrons. The Kier molecular flexibility index (Phi) is 6.26. The summed E-state index contributed by atoms with van der Waals surface area (Å²) in [6.45, 7) is 7.64. The Morgan fingerprint density at radius 1 is 1.00 bits per heavy atom. The highest BCUT2D eigenvalue weighted by molar-refractivity contribution is 5.79. The van der Waals surface area contributed by atoms with Crippen molar-refractivity contribution in [1.29, 1.82) is 0 Å². The fourth-order valence-electron chi connectivity index (χ4n) is 3.64. The van der Waals surface area contributed by atoms with E-state index < -0.39 is 11.7 Å². The molecule has 1 amide bonds. The van der Waals surface area contributed by atoms with Crippen LogP contribution in [-0.2, 0) is 14.3 Å². The van der Waals surface area contributed by atoms with Gasteiger partial charge in [0, 0.05) is 18.4 Å². The molecule has 0 bridgehead atoms. The zero-order chi connectivity index (χ0) is 21.0. The number of carbonyl (C=O) groups excluding carboxylic acids is 2. The summed E-state index contributed by atoms with van der Waals surface area (Å²) in [5, 5.41) is 2.80. The number of fused-ring (bicyclic) bond motifs is 3. The van der Waals surface area contributed by atoms with Crippen molar-refractivity contribution in [2.24, 2.45) is 0 Å². The highest BCUT2D eigenvalue weighted by atomic mass is 16.6. The van der Waals surface area contributed by atoms with Crippen LogP contribution in [0.3, 0.4) is 0 Å². The van der Waals surface area contributed by atoms with Crippen molar-refractivity contribution >= 4 is 12.1 Å². The van der Waals surface area contributed by atoms with Gasteiger partial charge in [0.05, 0.1) is 0 Å². The second-order valence-corrected chi connectivity index (χ2v) is 8.50. The molecule has 1 atom stereocenters. The van der Waals surface area contributed by atoms with Gasteiger partial charge in [-0.1, -0.05) is 48.5 Å². The third kappa shape index (κ3) is 5.37. The van der Waals surface area contributed by atoms with E-state index in [0.29, 0.717) is 6.42 Å². The highest BCUT2D eigenvalue weighted by Crippen LogP contribution is 2.44. The predicted octanol–water partition coefficient (Wildman–Crippen LogP) is 5.04. The number of nitrogens with one attached hydrogen (secondary N) is 1. The molecule has 2 aromatic rings. The molecular weight excluding hydrogens is 366 g/mol. The Morgan fingerprint density at radius 3 is 2.10 bits per heavy atom. The lowest BCUT2D eigenvalue weighted by atomic mass is 9.98. The van der Waals surface area contributed by atoms with Crippen molar-refractivity contribution in [1.82, 2.24) is 5.32 Å². The molecule has 1 aliphatic carbocycles. The molecular formula is C24H29NO4. The summed E-state index contributed by atoms with van der Waals surface area (Å²) < 4.78 is 10.8. The van der Waals surface area contributed by atoms with Gasteiger partial charge in [-0.3, -0.25) is 4.79 Å². The van der Waals surface area contributed by atoms with Crippen molar-refractivity contribution in [2.45, 2.75) is 58.1 Å². The van der Waals surface area contributed by atoms with Gasteiger partial charge in [-0.25, -0.2) is 4.79 Å². The minimum atomic E-state index is -0.499. The minimum absolute atomic E-state index is 0.0326. The van der Waals surface area contributed by atoms with Crippen LogP contribution in [0.1, 0.15) is 57.6 Å². The van der Waals surface area contributed by atoms with Crippen molar-refractivity contribution in [2.75, 3.05) is 6.61 Å². The van der Waals surface area contributed by atoms with Crippen LogP contribution >= 0.6 is 0 Å². The average molecular weight is 395 g/mol. The number of carbonyl (C=O) groups is 2. The summed E-state index contributed by atoms with van der Waals surface area (Å²) in [7, 11) is 0. The molecule has 0 aromatic heterocycles. The molecule has 5 nitrogen and oxygen atoms in total. The number of hydrogen-bond donors (Lipinski definition) is 1. The van der Waals surface area contributed by atoms with E-state index in [-0.39, 0.29) is 31.0 Å². The summed E-state index contributed by atoms with van der Waals surface area (Å²) in [6.07, 6.45) is 0.282. The molecule has 0 unspecified atom stereocenters. The first-order valence-corrected chi connectivity index (χ1v) is 10.1. The van der Waals surface area contributed by atoms with Crippen LogP contribution in [0.25, 0.3) is 11.1 Å². The van der Waals surface area contributed by atoms with Gasteiger partial charge >= 0.3 is 12.1 Å². The molecule has 0 spiro atoms. The Hall–Kier alpha value is -2.82. The van der Waals surface area contributed by atoms with Crippen LogP contribution in [0.5, 0.6) is 0 Å². The maximum Gasteiger partial charge on any atom is 0.407 e. The van der Waals surface area contributed by atoms with E-state index in [0.717, 1.165) is 0 Å². The van der Waals surface area contributed by atoms with Crippen LogP contribution in [-0.4, -0.2) is 30.3 Å². The molecule has 2 aromatic carbocycles. The van der Waals surface area contributed by atoms with E-state index >= 15 is 0 Å². The fraction of sp³-hybridized carbons (Fsp3) is 0.417. The number of esters is 1. The van der Waals surface area contributed by atoms with E-state index in [1.165, 1.54) is 22.3 Å². The maximum absolute atomic E-state index is 12.3. The van der Waals surface area contributed by atoms with Gasteiger partial charge < -0.3 is 14.8 Å². The summed E-state index contributed by atoms with van der Waals surface area (Å²) in [5.74, 6) is -0.232. The Labute approximate surface area is 172 Å². The minimum Gasteiger partial charge on any atom is -0.460 e. The third-order valence-electron chi connectivity index (χ3n) is 4.91. The number of hydrogen-bond acceptors (Lipinski definition) is 4. The second kappa shape index (κ2) is 8.68. The second-order valence-electron chi connectivity index (χ2n) is 8.50. The lowest BCUT2D eigenvalue weighted by Crippen LogP contribution is -2.34. The van der Waals surface area contributed by atoms with Crippen molar-refractivity contribution in [3.63, 3.8) is 0 Å². The van der Waals surface area contributed by atoms with Crippen LogP contribution in [0.15, 0.2) is 48.5 Å². The number of alkyl carbamates (subject to hydrolysis) is 1. The molecule has 0 saturated heterocycles. The predicted molar refractivity (Wildman–Crippen MR) is 113 cm³/mol. The number of benzene rings is 2. The van der Waals surface area contributed by atoms with Gasteiger partial charge in [0.1, 0.15) is 12.2 Å². The largest absolute Gasteiger partial charge is 0.460 e. The third-order valence-corrected chi connectivity index (χ3v) is 4.91. The van der Waals surface area contributed by atoms with Gasteiger partial charge in [-0.2, -0.15) is 0 Å². The molecule has 1 N–H and O–H groups in total. The van der Waals surface area contributed by atoms with E-state index in [4.69, 9.17) is 9.47 Å². The SMILES string of the molecule is C[C@H](CCC(=O)OC(C)(C)C)NC(=O)OCC1c2ccccc2-c2ccccc21. The first-order chi connectivity index (χ1) is 13.7. The zero-order valence-corrected chi connectivity index (χ0v) is 17.5. The van der Waals surface area contributed by atoms with Crippen molar-refractivity contribution in [3.05, 3.63) is 59.7 Å². The van der Waals surface area contributed by atoms with E-state index in [1.54, 1.807) is 0 Å². The van der Waals surface area contributed by atoms with E-state index in [1.807, 2.05) is 52.0 Å². The number of ether oxygens (including phenoxy) is 2. The van der Waals surface area contributed by atoms with Crippen LogP contribution < -0.4 is 5.32 Å². The van der Waals surface area contributed by atoms with Gasteiger partial charge in [-0.15, -0.1) is 0 Å². The molecule has 0 saturated carbocycles. The topological polar surface area (TPSA) is 64.6 Å². The maximum atomic E-state index is 12.3. The van der Waals surface area contributed by atoms with Crippen LogP contribution in [0, 0.1) is 0 Å². The summed E-state index contributed by atoms with van der Waals surface area (Å²) in [5.41, 5.74) is 4.25. The Bertz CT molecular complexity index is 839. The van der Waals surface area contributed by atoms with Gasteiger partial charge in [0.15, 0.2) is 0 Å². The molecule has 29 heavy (non-hydrogen) atoms. The molecule has 5 heteroatoms. The molecule has 0 radical (unpaired) electrons. The normalized spacial score (nSPS) is 13.9. The first kappa shape index (κ1) is 20.9. The van der Waals surface area contributed by atoms with Gasteiger partial charge in [-0.05, 0) is 56.4 Å². The molecule has 0 aliphatic heterocycles.